The largest absolute Gasteiger partial charge is 0.494 e. The van der Waals surface area contributed by atoms with Crippen molar-refractivity contribution in [2.24, 2.45) is 0 Å². The van der Waals surface area contributed by atoms with E-state index in [0.717, 1.165) is 43.9 Å². The summed E-state index contributed by atoms with van der Waals surface area (Å²) in [6.07, 6.45) is 0.454. The number of ether oxygens (including phenoxy) is 1. The summed E-state index contributed by atoms with van der Waals surface area (Å²) in [6, 6.07) is 10.6. The molecular formula is C23H21N5O3. The number of nitrogens with one attached hydrogen (secondary N) is 2. The van der Waals surface area contributed by atoms with Crippen LogP contribution in [0.3, 0.4) is 0 Å². The summed E-state index contributed by atoms with van der Waals surface area (Å²) < 4.78 is 5.35. The number of nitrogens with zero attached hydrogens (tertiary/aromatic N) is 3. The third kappa shape index (κ3) is 3.65. The Morgan fingerprint density at radius 1 is 1.16 bits per heavy atom. The summed E-state index contributed by atoms with van der Waals surface area (Å²) in [5, 5.41) is 11.2. The lowest BCUT2D eigenvalue weighted by molar-refractivity contribution is 0.0370. The molecule has 31 heavy (non-hydrogen) atoms. The van der Waals surface area contributed by atoms with Crippen LogP contribution < -0.4 is 0 Å². The van der Waals surface area contributed by atoms with Gasteiger partial charge in [0.15, 0.2) is 11.5 Å². The first kappa shape index (κ1) is 19.3. The molecule has 0 spiro atoms. The maximum Gasteiger partial charge on any atom is 0.200 e. The minimum absolute atomic E-state index is 0.0157. The smallest absolute Gasteiger partial charge is 0.200 e. The Bertz CT molecular complexity index is 1320. The highest BCUT2D eigenvalue weighted by Gasteiger charge is 2.18. The number of carbonyl (C=O) groups is 1. The van der Waals surface area contributed by atoms with E-state index in [1.165, 1.54) is 0 Å². The SMILES string of the molecule is [C-]#[N+]c1ccc2[nH]c(O)c(-c3nc4ccc(C(=O)CCN5CCOCC5)cc4[nH]3)c2c1. The molecule has 2 aromatic heterocycles. The fourth-order valence-electron chi connectivity index (χ4n) is 4.01. The summed E-state index contributed by atoms with van der Waals surface area (Å²) in [6.45, 7) is 11.1. The number of H-pyrrole nitrogens is 2. The molecule has 0 bridgehead atoms. The van der Waals surface area contributed by atoms with E-state index < -0.39 is 0 Å². The number of imidazole rings is 1. The van der Waals surface area contributed by atoms with E-state index in [9.17, 15) is 9.90 Å². The monoisotopic (exact) mass is 415 g/mol. The van der Waals surface area contributed by atoms with Gasteiger partial charge in [0.1, 0.15) is 5.82 Å². The van der Waals surface area contributed by atoms with Crippen molar-refractivity contribution in [3.63, 3.8) is 0 Å². The first-order valence-electron chi connectivity index (χ1n) is 10.2. The molecular weight excluding hydrogens is 394 g/mol. The highest BCUT2D eigenvalue weighted by atomic mass is 16.5. The fraction of sp³-hybridized carbons (Fsp3) is 0.261. The molecule has 3 N–H and O–H groups in total. The minimum atomic E-state index is -0.0157. The number of ketones is 1. The average Bonchev–Trinajstić information content (AvgIpc) is 3.36. The number of morpholine rings is 1. The van der Waals surface area contributed by atoms with Gasteiger partial charge in [0.25, 0.3) is 0 Å². The molecule has 0 unspecified atom stereocenters. The number of hydrogen-bond acceptors (Lipinski definition) is 5. The van der Waals surface area contributed by atoms with Crippen LogP contribution in [0.15, 0.2) is 36.4 Å². The zero-order valence-corrected chi connectivity index (χ0v) is 16.8. The standard InChI is InChI=1S/C23H21N5O3/c1-24-15-3-5-17-16(13-15)21(23(30)27-17)22-25-18-4-2-14(12-19(18)26-22)20(29)6-7-28-8-10-31-11-9-28/h2-5,12-13,27,30H,6-11H2,(H,25,26). The number of hydrogen-bond donors (Lipinski definition) is 3. The lowest BCUT2D eigenvalue weighted by atomic mass is 10.1. The topological polar surface area (TPSA) is 98.6 Å². The number of aromatic hydroxyl groups is 1. The molecule has 0 atom stereocenters. The fourth-order valence-corrected chi connectivity index (χ4v) is 4.01. The molecule has 0 amide bonds. The van der Waals surface area contributed by atoms with Gasteiger partial charge in [0.2, 0.25) is 5.88 Å². The first-order valence-corrected chi connectivity index (χ1v) is 10.2. The summed E-state index contributed by atoms with van der Waals surface area (Å²) in [5.74, 6) is 0.554. The van der Waals surface area contributed by atoms with Crippen molar-refractivity contribution in [2.45, 2.75) is 6.42 Å². The van der Waals surface area contributed by atoms with Gasteiger partial charge in [-0.25, -0.2) is 9.83 Å². The van der Waals surface area contributed by atoms with E-state index in [2.05, 4.69) is 24.7 Å². The van der Waals surface area contributed by atoms with Crippen molar-refractivity contribution < 1.29 is 14.6 Å². The molecule has 8 nitrogen and oxygen atoms in total. The number of carbonyl (C=O) groups excluding carboxylic acids is 1. The molecule has 8 heteroatoms. The molecule has 1 fully saturated rings. The molecule has 4 aromatic rings. The van der Waals surface area contributed by atoms with Crippen LogP contribution in [0.25, 0.3) is 38.2 Å². The summed E-state index contributed by atoms with van der Waals surface area (Å²) >= 11 is 0. The quantitative estimate of drug-likeness (QED) is 0.339. The molecule has 3 heterocycles. The van der Waals surface area contributed by atoms with Crippen LogP contribution in [0.1, 0.15) is 16.8 Å². The first-order chi connectivity index (χ1) is 15.1. The second-order valence-electron chi connectivity index (χ2n) is 7.63. The molecule has 0 radical (unpaired) electrons. The van der Waals surface area contributed by atoms with Gasteiger partial charge in [-0.3, -0.25) is 9.69 Å². The Morgan fingerprint density at radius 2 is 2.00 bits per heavy atom. The highest BCUT2D eigenvalue weighted by molar-refractivity contribution is 6.02. The number of Topliss-reactive ketones (excluding diaryl/α,β-unsaturated/α-hetero) is 1. The normalized spacial score (nSPS) is 14.8. The van der Waals surface area contributed by atoms with Crippen LogP contribution in [-0.2, 0) is 4.74 Å². The van der Waals surface area contributed by atoms with Gasteiger partial charge in [-0.15, -0.1) is 0 Å². The second kappa shape index (κ2) is 7.87. The van der Waals surface area contributed by atoms with Gasteiger partial charge in [0, 0.05) is 42.5 Å². The van der Waals surface area contributed by atoms with Crippen molar-refractivity contribution in [3.8, 4) is 17.3 Å². The molecule has 1 aliphatic heterocycles. The molecule has 156 valence electrons. The van der Waals surface area contributed by atoms with Crippen molar-refractivity contribution >= 4 is 33.4 Å². The van der Waals surface area contributed by atoms with Crippen LogP contribution in [0.4, 0.5) is 5.69 Å². The Balaban J connectivity index is 1.43. The van der Waals surface area contributed by atoms with Crippen LogP contribution in [0, 0.1) is 6.57 Å². The van der Waals surface area contributed by atoms with Crippen molar-refractivity contribution in [1.82, 2.24) is 19.9 Å². The maximum absolute atomic E-state index is 12.7. The Hall–Kier alpha value is -3.67. The maximum atomic E-state index is 12.7. The zero-order valence-electron chi connectivity index (χ0n) is 16.8. The van der Waals surface area contributed by atoms with Crippen LogP contribution in [-0.4, -0.2) is 63.6 Å². The minimum Gasteiger partial charge on any atom is -0.494 e. The van der Waals surface area contributed by atoms with Crippen LogP contribution in [0.5, 0.6) is 5.88 Å². The predicted octanol–water partition coefficient (Wildman–Crippen LogP) is 3.87. The molecule has 2 aromatic carbocycles. The van der Waals surface area contributed by atoms with E-state index in [0.29, 0.717) is 40.0 Å². The number of rotatable bonds is 5. The number of fused-ring (bicyclic) bond motifs is 2. The van der Waals surface area contributed by atoms with Crippen LogP contribution in [0.2, 0.25) is 0 Å². The van der Waals surface area contributed by atoms with E-state index in [4.69, 9.17) is 11.3 Å². The molecule has 0 aliphatic carbocycles. The summed E-state index contributed by atoms with van der Waals surface area (Å²) in [4.78, 5) is 29.1. The third-order valence-electron chi connectivity index (χ3n) is 5.69. The average molecular weight is 415 g/mol. The predicted molar refractivity (Wildman–Crippen MR) is 118 cm³/mol. The zero-order chi connectivity index (χ0) is 21.4. The van der Waals surface area contributed by atoms with E-state index >= 15 is 0 Å². The number of aromatic amines is 2. The highest BCUT2D eigenvalue weighted by Crippen LogP contribution is 2.37. The van der Waals surface area contributed by atoms with Gasteiger partial charge in [-0.05, 0) is 30.3 Å². The molecule has 1 saturated heterocycles. The van der Waals surface area contributed by atoms with Crippen LogP contribution >= 0.6 is 0 Å². The number of aromatic nitrogens is 3. The van der Waals surface area contributed by atoms with Gasteiger partial charge in [0.05, 0.1) is 36.4 Å². The number of benzene rings is 2. The third-order valence-corrected chi connectivity index (χ3v) is 5.69. The van der Waals surface area contributed by atoms with Gasteiger partial charge in [-0.1, -0.05) is 6.07 Å². The Kier molecular flexibility index (Phi) is 4.90. The van der Waals surface area contributed by atoms with Gasteiger partial charge >= 0.3 is 0 Å². The van der Waals surface area contributed by atoms with E-state index in [-0.39, 0.29) is 11.7 Å². The Labute approximate surface area is 178 Å². The molecule has 1 aliphatic rings. The van der Waals surface area contributed by atoms with Crippen molar-refractivity contribution in [1.29, 1.82) is 0 Å². The second-order valence-corrected chi connectivity index (χ2v) is 7.63. The van der Waals surface area contributed by atoms with Gasteiger partial charge in [-0.2, -0.15) is 0 Å². The molecule has 0 saturated carbocycles. The Morgan fingerprint density at radius 3 is 2.81 bits per heavy atom. The van der Waals surface area contributed by atoms with Gasteiger partial charge < -0.3 is 19.8 Å². The van der Waals surface area contributed by atoms with Crippen molar-refractivity contribution in [2.75, 3.05) is 32.8 Å². The summed E-state index contributed by atoms with van der Waals surface area (Å²) in [5.41, 5.74) is 3.78. The van der Waals surface area contributed by atoms with E-state index in [1.54, 1.807) is 24.3 Å². The van der Waals surface area contributed by atoms with E-state index in [1.807, 2.05) is 12.1 Å². The lowest BCUT2D eigenvalue weighted by Crippen LogP contribution is -2.37. The molecule has 5 rings (SSSR count). The van der Waals surface area contributed by atoms with Crippen molar-refractivity contribution in [3.05, 3.63) is 53.4 Å². The summed E-state index contributed by atoms with van der Waals surface area (Å²) in [7, 11) is 0. The lowest BCUT2D eigenvalue weighted by Gasteiger charge is -2.26.